The third kappa shape index (κ3) is 9.36. The summed E-state index contributed by atoms with van der Waals surface area (Å²) < 4.78 is 11.2. The molecule has 0 amide bonds. The topological polar surface area (TPSA) is 175 Å². The molecule has 0 saturated heterocycles. The summed E-state index contributed by atoms with van der Waals surface area (Å²) in [4.78, 5) is 23.0. The molecular weight excluding hydrogens is 753 g/mol. The zero-order chi connectivity index (χ0) is 42.2. The highest BCUT2D eigenvalue weighted by Crippen LogP contribution is 2.35. The van der Waals surface area contributed by atoms with Crippen molar-refractivity contribution in [2.24, 2.45) is 14.1 Å². The third-order valence-corrected chi connectivity index (χ3v) is 10.7. The van der Waals surface area contributed by atoms with Gasteiger partial charge >= 0.3 is 0 Å². The minimum Gasteiger partial charge on any atom is -0.508 e. The predicted molar refractivity (Wildman–Crippen MR) is 233 cm³/mol. The summed E-state index contributed by atoms with van der Waals surface area (Å²) in [5.41, 5.74) is 10.2. The molecule has 0 aliphatic heterocycles. The standard InChI is InChI=1S/C24H20N4O2.C13H13N3O2.C11H11N/c1-27-15-19(7-10-24(27)29)28-22-12-20(8-6-18(22)14-26-28)30-23-4-2-3-17-11-16(13-25)5-9-21(17)23;1-16-8-10(3-5-13(16)18)15-12-6-11(17)4-2-9(12)7-14;12-8-9-5-6-10-3-1-2-4-11(10)7-9/h5-12,14-15,23H,2-4H2,1H3;2-8,14-15,17H,1H3;5-7H,1-4H2/t23-;;/m0../s1. The minimum absolute atomic E-state index is 0.0344. The fraction of sp³-hybridized carbons (Fsp3) is 0.208. The van der Waals surface area contributed by atoms with Gasteiger partial charge in [-0.05, 0) is 128 Å². The van der Waals surface area contributed by atoms with Gasteiger partial charge in [-0.15, -0.1) is 0 Å². The van der Waals surface area contributed by atoms with E-state index < -0.39 is 0 Å². The highest BCUT2D eigenvalue weighted by atomic mass is 16.5. The first kappa shape index (κ1) is 40.5. The van der Waals surface area contributed by atoms with Gasteiger partial charge in [-0.2, -0.15) is 15.6 Å². The van der Waals surface area contributed by atoms with Gasteiger partial charge in [0, 0.05) is 67.9 Å². The lowest BCUT2D eigenvalue weighted by molar-refractivity contribution is 0.183. The van der Waals surface area contributed by atoms with E-state index in [9.17, 15) is 14.7 Å². The smallest absolute Gasteiger partial charge is 0.250 e. The SMILES string of the molecule is Cn1cc(-n2ncc3ccc(O[C@H]4CCCc5cc(C#N)ccc54)cc32)ccc1=O.Cn1cc(Nc2cc(O)ccc2C=N)ccc1=O.N#Cc1ccc2c(c1)CCCC2. The van der Waals surface area contributed by atoms with E-state index in [2.05, 4.69) is 28.6 Å². The van der Waals surface area contributed by atoms with Crippen molar-refractivity contribution in [3.05, 3.63) is 175 Å². The number of rotatable bonds is 6. The maximum atomic E-state index is 11.7. The number of phenolic OH excluding ortho intramolecular Hbond substituents is 1. The molecule has 12 nitrogen and oxygen atoms in total. The van der Waals surface area contributed by atoms with E-state index in [-0.39, 0.29) is 23.0 Å². The summed E-state index contributed by atoms with van der Waals surface area (Å²) in [5.74, 6) is 0.893. The third-order valence-electron chi connectivity index (χ3n) is 10.7. The quantitative estimate of drug-likeness (QED) is 0.141. The highest BCUT2D eigenvalue weighted by molar-refractivity contribution is 5.88. The van der Waals surface area contributed by atoms with Gasteiger partial charge in [0.1, 0.15) is 17.6 Å². The number of aromatic hydroxyl groups is 1. The fourth-order valence-corrected chi connectivity index (χ4v) is 7.51. The van der Waals surface area contributed by atoms with E-state index in [1.54, 1.807) is 44.7 Å². The van der Waals surface area contributed by atoms with Crippen LogP contribution in [-0.4, -0.2) is 30.2 Å². The van der Waals surface area contributed by atoms with Crippen molar-refractivity contribution in [2.75, 3.05) is 5.32 Å². The molecule has 3 N–H and O–H groups in total. The molecule has 60 heavy (non-hydrogen) atoms. The number of nitrogens with one attached hydrogen (secondary N) is 2. The molecule has 4 aromatic carbocycles. The van der Waals surface area contributed by atoms with Crippen LogP contribution in [0.2, 0.25) is 0 Å². The largest absolute Gasteiger partial charge is 0.508 e. The molecule has 0 bridgehead atoms. The first-order valence-electron chi connectivity index (χ1n) is 19.8. The van der Waals surface area contributed by atoms with E-state index in [4.69, 9.17) is 20.7 Å². The van der Waals surface area contributed by atoms with E-state index in [1.807, 2.05) is 59.4 Å². The van der Waals surface area contributed by atoms with Gasteiger partial charge in [0.05, 0.1) is 52.0 Å². The maximum Gasteiger partial charge on any atom is 0.250 e. The molecule has 0 spiro atoms. The molecular formula is C48H44N8O4. The molecule has 9 rings (SSSR count). The number of nitriles is 2. The van der Waals surface area contributed by atoms with Gasteiger partial charge in [0.15, 0.2) is 0 Å². The summed E-state index contributed by atoms with van der Waals surface area (Å²) >= 11 is 0. The van der Waals surface area contributed by atoms with Gasteiger partial charge in [-0.3, -0.25) is 9.59 Å². The molecule has 0 unspecified atom stereocenters. The van der Waals surface area contributed by atoms with Crippen LogP contribution in [0.5, 0.6) is 11.5 Å². The molecule has 2 aliphatic rings. The summed E-state index contributed by atoms with van der Waals surface area (Å²) in [7, 11) is 3.39. The number of benzene rings is 4. The molecule has 3 aromatic heterocycles. The van der Waals surface area contributed by atoms with Gasteiger partial charge in [-0.25, -0.2) is 4.68 Å². The molecule has 300 valence electrons. The van der Waals surface area contributed by atoms with Crippen molar-refractivity contribution in [1.82, 2.24) is 18.9 Å². The number of nitrogens with zero attached hydrogens (tertiary/aromatic N) is 6. The molecule has 7 aromatic rings. The van der Waals surface area contributed by atoms with Crippen molar-refractivity contribution in [1.29, 1.82) is 15.9 Å². The lowest BCUT2D eigenvalue weighted by Gasteiger charge is -2.26. The molecule has 3 heterocycles. The second kappa shape index (κ2) is 18.3. The Morgan fingerprint density at radius 1 is 0.783 bits per heavy atom. The molecule has 0 fully saturated rings. The first-order chi connectivity index (χ1) is 29.1. The zero-order valence-corrected chi connectivity index (χ0v) is 33.4. The van der Waals surface area contributed by atoms with Gasteiger partial charge < -0.3 is 29.7 Å². The second-order valence-electron chi connectivity index (χ2n) is 14.8. The number of ether oxygens (including phenoxy) is 1. The van der Waals surface area contributed by atoms with Crippen LogP contribution in [0.1, 0.15) is 70.7 Å². The number of anilines is 2. The Morgan fingerprint density at radius 3 is 2.22 bits per heavy atom. The Balaban J connectivity index is 0.000000153. The monoisotopic (exact) mass is 796 g/mol. The zero-order valence-electron chi connectivity index (χ0n) is 33.4. The summed E-state index contributed by atoms with van der Waals surface area (Å²) in [5, 5.41) is 43.1. The van der Waals surface area contributed by atoms with E-state index in [0.717, 1.165) is 59.2 Å². The lowest BCUT2D eigenvalue weighted by atomic mass is 9.88. The number of pyridine rings is 2. The number of aryl methyl sites for hydroxylation is 5. The average molecular weight is 797 g/mol. The maximum absolute atomic E-state index is 11.7. The first-order valence-corrected chi connectivity index (χ1v) is 19.8. The van der Waals surface area contributed by atoms with E-state index in [0.29, 0.717) is 22.5 Å². The predicted octanol–water partition coefficient (Wildman–Crippen LogP) is 8.32. The second-order valence-corrected chi connectivity index (χ2v) is 14.8. The van der Waals surface area contributed by atoms with Crippen molar-refractivity contribution < 1.29 is 9.84 Å². The Kier molecular flexibility index (Phi) is 12.3. The van der Waals surface area contributed by atoms with Crippen LogP contribution in [0.3, 0.4) is 0 Å². The highest BCUT2D eigenvalue weighted by Gasteiger charge is 2.22. The summed E-state index contributed by atoms with van der Waals surface area (Å²) in [6, 6.07) is 33.4. The molecule has 1 atom stereocenters. The number of phenols is 1. The Morgan fingerprint density at radius 2 is 1.48 bits per heavy atom. The van der Waals surface area contributed by atoms with E-state index >= 15 is 0 Å². The van der Waals surface area contributed by atoms with Crippen LogP contribution < -0.4 is 21.2 Å². The van der Waals surface area contributed by atoms with Crippen molar-refractivity contribution >= 4 is 28.5 Å². The van der Waals surface area contributed by atoms with Crippen LogP contribution in [-0.2, 0) is 33.4 Å². The van der Waals surface area contributed by atoms with Crippen LogP contribution in [0.4, 0.5) is 11.4 Å². The average Bonchev–Trinajstić information content (AvgIpc) is 3.69. The normalized spacial score (nSPS) is 13.8. The van der Waals surface area contributed by atoms with Gasteiger partial charge in [0.25, 0.3) is 0 Å². The Hall–Kier alpha value is -7.70. The summed E-state index contributed by atoms with van der Waals surface area (Å²) in [6.07, 6.45) is 14.3. The van der Waals surface area contributed by atoms with E-state index in [1.165, 1.54) is 75.6 Å². The number of fused-ring (bicyclic) bond motifs is 3. The van der Waals surface area contributed by atoms with Crippen molar-refractivity contribution in [3.8, 4) is 29.3 Å². The number of hydrogen-bond donors (Lipinski definition) is 3. The van der Waals surface area contributed by atoms with Crippen LogP contribution >= 0.6 is 0 Å². The number of hydrogen-bond acceptors (Lipinski definition) is 9. The van der Waals surface area contributed by atoms with Crippen LogP contribution in [0.25, 0.3) is 16.6 Å². The van der Waals surface area contributed by atoms with Crippen LogP contribution in [0, 0.1) is 28.1 Å². The number of aromatic nitrogens is 4. The molecule has 12 heteroatoms. The minimum atomic E-state index is -0.0938. The fourth-order valence-electron chi connectivity index (χ4n) is 7.51. The van der Waals surface area contributed by atoms with Crippen LogP contribution in [0.15, 0.2) is 125 Å². The summed E-state index contributed by atoms with van der Waals surface area (Å²) in [6.45, 7) is 0. The van der Waals surface area contributed by atoms with Gasteiger partial charge in [-0.1, -0.05) is 12.1 Å². The molecule has 2 aliphatic carbocycles. The Bertz CT molecular complexity index is 2910. The van der Waals surface area contributed by atoms with Gasteiger partial charge in [0.2, 0.25) is 11.1 Å². The van der Waals surface area contributed by atoms with Crippen molar-refractivity contribution in [2.45, 2.75) is 51.0 Å². The molecule has 0 saturated carbocycles. The lowest BCUT2D eigenvalue weighted by Crippen LogP contribution is -2.16. The Labute approximate surface area is 347 Å². The molecule has 0 radical (unpaired) electrons. The van der Waals surface area contributed by atoms with Crippen molar-refractivity contribution in [3.63, 3.8) is 0 Å².